The highest BCUT2D eigenvalue weighted by Gasteiger charge is 2.24. The van der Waals surface area contributed by atoms with E-state index in [1.54, 1.807) is 6.92 Å². The molecule has 3 nitrogen and oxygen atoms in total. The molecule has 108 valence electrons. The van der Waals surface area contributed by atoms with Gasteiger partial charge in [-0.25, -0.2) is 0 Å². The summed E-state index contributed by atoms with van der Waals surface area (Å²) >= 11 is 0. The van der Waals surface area contributed by atoms with Gasteiger partial charge in [-0.1, -0.05) is 24.3 Å². The van der Waals surface area contributed by atoms with E-state index >= 15 is 0 Å². The number of fused-ring (bicyclic) bond motifs is 1. The first kappa shape index (κ1) is 13.7. The van der Waals surface area contributed by atoms with Crippen molar-refractivity contribution in [2.24, 2.45) is 0 Å². The van der Waals surface area contributed by atoms with Crippen molar-refractivity contribution in [2.45, 2.75) is 19.8 Å². The van der Waals surface area contributed by atoms with Gasteiger partial charge in [0.15, 0.2) is 5.78 Å². The van der Waals surface area contributed by atoms with Crippen molar-refractivity contribution in [2.75, 3.05) is 13.2 Å². The van der Waals surface area contributed by atoms with Gasteiger partial charge < -0.3 is 9.47 Å². The highest BCUT2D eigenvalue weighted by Crippen LogP contribution is 2.34. The van der Waals surface area contributed by atoms with E-state index in [4.69, 9.17) is 9.47 Å². The second-order valence-electron chi connectivity index (χ2n) is 5.41. The molecule has 0 aliphatic carbocycles. The maximum absolute atomic E-state index is 11.7. The topological polar surface area (TPSA) is 35.5 Å². The largest absolute Gasteiger partial charge is 0.493 e. The predicted molar refractivity (Wildman–Crippen MR) is 81.4 cm³/mol. The maximum Gasteiger partial charge on any atom is 0.163 e. The molecule has 3 rings (SSSR count). The number of para-hydroxylation sites is 1. The second kappa shape index (κ2) is 5.60. The van der Waals surface area contributed by atoms with Crippen LogP contribution in [0.4, 0.5) is 0 Å². The fourth-order valence-electron chi connectivity index (χ4n) is 2.60. The minimum atomic E-state index is 0.0214. The lowest BCUT2D eigenvalue weighted by molar-refractivity contribution is 0.101. The molecule has 0 saturated heterocycles. The van der Waals surface area contributed by atoms with Crippen molar-refractivity contribution in [1.82, 2.24) is 0 Å². The normalized spacial score (nSPS) is 16.2. The maximum atomic E-state index is 11.7. The average Bonchev–Trinajstić information content (AvgIpc) is 2.88. The summed E-state index contributed by atoms with van der Waals surface area (Å²) in [5.41, 5.74) is 2.89. The highest BCUT2D eigenvalue weighted by atomic mass is 16.5. The minimum Gasteiger partial charge on any atom is -0.493 e. The quantitative estimate of drug-likeness (QED) is 0.801. The molecule has 0 fully saturated rings. The van der Waals surface area contributed by atoms with Crippen LogP contribution in [0.25, 0.3) is 0 Å². The average molecular weight is 282 g/mol. The molecule has 0 N–H and O–H groups in total. The van der Waals surface area contributed by atoms with E-state index in [2.05, 4.69) is 6.07 Å². The lowest BCUT2D eigenvalue weighted by atomic mass is 10.0. The van der Waals surface area contributed by atoms with Crippen molar-refractivity contribution in [3.05, 3.63) is 59.2 Å². The molecule has 1 aliphatic heterocycles. The number of Topliss-reactive ketones (excluding diaryl/α,β-unsaturated/α-hetero) is 1. The van der Waals surface area contributed by atoms with E-state index < -0.39 is 0 Å². The van der Waals surface area contributed by atoms with Crippen molar-refractivity contribution >= 4 is 5.78 Å². The Morgan fingerprint density at radius 3 is 2.90 bits per heavy atom. The number of ether oxygens (including phenoxy) is 2. The van der Waals surface area contributed by atoms with Crippen LogP contribution < -0.4 is 9.47 Å². The van der Waals surface area contributed by atoms with Gasteiger partial charge in [0.05, 0.1) is 24.7 Å². The number of hydrogen-bond donors (Lipinski definition) is 0. The Balaban J connectivity index is 1.77. The van der Waals surface area contributed by atoms with Crippen molar-refractivity contribution in [3.63, 3.8) is 0 Å². The standard InChI is InChI=1S/C18H18O3/c1-12-7-8-15(13(2)19)18(9-12)21-11-14-10-20-17-6-4-3-5-16(14)17/h3-9,14H,10-11H2,1-2H3. The molecule has 0 radical (unpaired) electrons. The molecule has 3 heteroatoms. The Morgan fingerprint density at radius 1 is 1.29 bits per heavy atom. The van der Waals surface area contributed by atoms with E-state index in [0.717, 1.165) is 11.3 Å². The molecule has 1 heterocycles. The van der Waals surface area contributed by atoms with E-state index in [1.807, 2.05) is 43.3 Å². The molecule has 0 spiro atoms. The van der Waals surface area contributed by atoms with Gasteiger partial charge in [-0.2, -0.15) is 0 Å². The Morgan fingerprint density at radius 2 is 2.10 bits per heavy atom. The number of benzene rings is 2. The Hall–Kier alpha value is -2.29. The third-order valence-electron chi connectivity index (χ3n) is 3.76. The molecule has 0 bridgehead atoms. The third-order valence-corrected chi connectivity index (χ3v) is 3.76. The molecule has 0 saturated carbocycles. The van der Waals surface area contributed by atoms with Gasteiger partial charge in [-0.05, 0) is 37.6 Å². The van der Waals surface area contributed by atoms with Crippen molar-refractivity contribution in [1.29, 1.82) is 0 Å². The second-order valence-corrected chi connectivity index (χ2v) is 5.41. The van der Waals surface area contributed by atoms with Crippen molar-refractivity contribution in [3.8, 4) is 11.5 Å². The van der Waals surface area contributed by atoms with Crippen LogP contribution in [0.1, 0.15) is 34.3 Å². The number of carbonyl (C=O) groups is 1. The van der Waals surface area contributed by atoms with Crippen LogP contribution >= 0.6 is 0 Å². The van der Waals surface area contributed by atoms with Gasteiger partial charge in [0, 0.05) is 5.56 Å². The first-order chi connectivity index (χ1) is 10.1. The number of aryl methyl sites for hydroxylation is 1. The molecular formula is C18H18O3. The summed E-state index contributed by atoms with van der Waals surface area (Å²) in [6.45, 7) is 4.69. The van der Waals surface area contributed by atoms with Crippen LogP contribution in [0.15, 0.2) is 42.5 Å². The van der Waals surface area contributed by atoms with E-state index in [9.17, 15) is 4.79 Å². The zero-order valence-electron chi connectivity index (χ0n) is 12.3. The summed E-state index contributed by atoms with van der Waals surface area (Å²) in [6, 6.07) is 13.7. The third kappa shape index (κ3) is 2.77. The monoisotopic (exact) mass is 282 g/mol. The van der Waals surface area contributed by atoms with E-state index in [0.29, 0.717) is 24.5 Å². The van der Waals surface area contributed by atoms with E-state index in [-0.39, 0.29) is 11.7 Å². The van der Waals surface area contributed by atoms with Crippen LogP contribution in [0, 0.1) is 6.92 Å². The Kier molecular flexibility index (Phi) is 3.65. The zero-order chi connectivity index (χ0) is 14.8. The SMILES string of the molecule is CC(=O)c1ccc(C)cc1OCC1COc2ccccc21. The van der Waals surface area contributed by atoms with Gasteiger partial charge in [-0.15, -0.1) is 0 Å². The molecular weight excluding hydrogens is 264 g/mol. The van der Waals surface area contributed by atoms with Gasteiger partial charge in [0.25, 0.3) is 0 Å². The molecule has 21 heavy (non-hydrogen) atoms. The summed E-state index contributed by atoms with van der Waals surface area (Å²) in [6.07, 6.45) is 0. The van der Waals surface area contributed by atoms with Crippen LogP contribution in [0.3, 0.4) is 0 Å². The van der Waals surface area contributed by atoms with Crippen LogP contribution in [0.2, 0.25) is 0 Å². The summed E-state index contributed by atoms with van der Waals surface area (Å²) in [5.74, 6) is 1.82. The summed E-state index contributed by atoms with van der Waals surface area (Å²) in [7, 11) is 0. The first-order valence-electron chi connectivity index (χ1n) is 7.11. The molecule has 0 aromatic heterocycles. The van der Waals surface area contributed by atoms with Crippen LogP contribution in [0.5, 0.6) is 11.5 Å². The first-order valence-corrected chi connectivity index (χ1v) is 7.11. The van der Waals surface area contributed by atoms with Crippen LogP contribution in [-0.2, 0) is 0 Å². The van der Waals surface area contributed by atoms with Crippen LogP contribution in [-0.4, -0.2) is 19.0 Å². The summed E-state index contributed by atoms with van der Waals surface area (Å²) in [5, 5.41) is 0. The molecule has 1 aliphatic rings. The molecule has 0 amide bonds. The smallest absolute Gasteiger partial charge is 0.163 e. The number of rotatable bonds is 4. The minimum absolute atomic E-state index is 0.0214. The van der Waals surface area contributed by atoms with Gasteiger partial charge in [-0.3, -0.25) is 4.79 Å². The molecule has 1 unspecified atom stereocenters. The number of carbonyl (C=O) groups excluding carboxylic acids is 1. The number of hydrogen-bond acceptors (Lipinski definition) is 3. The van der Waals surface area contributed by atoms with Gasteiger partial charge >= 0.3 is 0 Å². The van der Waals surface area contributed by atoms with Gasteiger partial charge in [0.1, 0.15) is 11.5 Å². The van der Waals surface area contributed by atoms with E-state index in [1.165, 1.54) is 5.56 Å². The number of ketones is 1. The Labute approximate surface area is 124 Å². The molecule has 2 aromatic carbocycles. The zero-order valence-corrected chi connectivity index (χ0v) is 12.3. The van der Waals surface area contributed by atoms with Crippen molar-refractivity contribution < 1.29 is 14.3 Å². The summed E-state index contributed by atoms with van der Waals surface area (Å²) in [4.78, 5) is 11.7. The Bertz CT molecular complexity index is 676. The highest BCUT2D eigenvalue weighted by molar-refractivity contribution is 5.96. The fourth-order valence-corrected chi connectivity index (χ4v) is 2.60. The lowest BCUT2D eigenvalue weighted by Crippen LogP contribution is -2.13. The van der Waals surface area contributed by atoms with Gasteiger partial charge in [0.2, 0.25) is 0 Å². The molecule has 1 atom stereocenters. The summed E-state index contributed by atoms with van der Waals surface area (Å²) < 4.78 is 11.6. The lowest BCUT2D eigenvalue weighted by Gasteiger charge is -2.14. The molecule has 2 aromatic rings. The predicted octanol–water partition coefficient (Wildman–Crippen LogP) is 3.75. The fraction of sp³-hybridized carbons (Fsp3) is 0.278.